The van der Waals surface area contributed by atoms with Crippen molar-refractivity contribution in [2.45, 2.75) is 69.7 Å². The molecule has 1 aromatic heterocycles. The number of hydrogen-bond donors (Lipinski definition) is 1. The quantitative estimate of drug-likeness (QED) is 0.681. The van der Waals surface area contributed by atoms with Crippen molar-refractivity contribution >= 4 is 17.7 Å². The molecule has 0 saturated heterocycles. The van der Waals surface area contributed by atoms with Crippen LogP contribution in [0.3, 0.4) is 0 Å². The molecular formula is C20H27FN4O2S. The van der Waals surface area contributed by atoms with Gasteiger partial charge in [-0.2, -0.15) is 0 Å². The summed E-state index contributed by atoms with van der Waals surface area (Å²) in [5.41, 5.74) is 0.681. The minimum absolute atomic E-state index is 0.0275. The standard InChI is InChI=1S/C20H27FN4O2S/c1-2-12-24-19(27)22-23-20(24)28-14-18(26)25(17-6-4-3-5-7-17)13-15-8-10-16(21)11-9-15/h8-11,17H,2-7,12-14H2,1H3,(H,22,27). The largest absolute Gasteiger partial charge is 0.343 e. The van der Waals surface area contributed by atoms with Gasteiger partial charge in [-0.1, -0.05) is 50.1 Å². The van der Waals surface area contributed by atoms with E-state index in [9.17, 15) is 14.0 Å². The molecule has 0 aliphatic heterocycles. The van der Waals surface area contributed by atoms with Crippen molar-refractivity contribution in [1.29, 1.82) is 0 Å². The number of H-pyrrole nitrogens is 1. The zero-order valence-electron chi connectivity index (χ0n) is 16.2. The summed E-state index contributed by atoms with van der Waals surface area (Å²) in [4.78, 5) is 26.8. The van der Waals surface area contributed by atoms with Gasteiger partial charge in [0.2, 0.25) is 5.91 Å². The molecule has 1 heterocycles. The number of benzene rings is 1. The molecule has 2 aromatic rings. The summed E-state index contributed by atoms with van der Waals surface area (Å²) in [6, 6.07) is 6.54. The van der Waals surface area contributed by atoms with Crippen molar-refractivity contribution in [1.82, 2.24) is 19.7 Å². The number of carbonyl (C=O) groups excluding carboxylic acids is 1. The topological polar surface area (TPSA) is 71.0 Å². The van der Waals surface area contributed by atoms with Gasteiger partial charge in [-0.25, -0.2) is 14.3 Å². The predicted molar refractivity (Wildman–Crippen MR) is 108 cm³/mol. The van der Waals surface area contributed by atoms with E-state index in [0.29, 0.717) is 18.2 Å². The molecule has 0 atom stereocenters. The molecule has 1 aromatic carbocycles. The van der Waals surface area contributed by atoms with Gasteiger partial charge >= 0.3 is 5.69 Å². The van der Waals surface area contributed by atoms with Crippen LogP contribution in [0.25, 0.3) is 0 Å². The van der Waals surface area contributed by atoms with Gasteiger partial charge in [-0.3, -0.25) is 9.36 Å². The molecule has 1 saturated carbocycles. The number of nitrogens with one attached hydrogen (secondary N) is 1. The average Bonchev–Trinajstić information content (AvgIpc) is 3.06. The number of halogens is 1. The van der Waals surface area contributed by atoms with Crippen molar-refractivity contribution in [3.63, 3.8) is 0 Å². The molecule has 8 heteroatoms. The first-order chi connectivity index (χ1) is 13.6. The van der Waals surface area contributed by atoms with Crippen LogP contribution in [0.15, 0.2) is 34.2 Å². The molecule has 0 unspecified atom stereocenters. The highest BCUT2D eigenvalue weighted by Crippen LogP contribution is 2.26. The zero-order valence-corrected chi connectivity index (χ0v) is 17.0. The first-order valence-corrected chi connectivity index (χ1v) is 10.9. The lowest BCUT2D eigenvalue weighted by atomic mass is 9.94. The lowest BCUT2D eigenvalue weighted by molar-refractivity contribution is -0.132. The molecule has 152 valence electrons. The van der Waals surface area contributed by atoms with E-state index in [0.717, 1.165) is 37.7 Å². The molecule has 0 bridgehead atoms. The van der Waals surface area contributed by atoms with E-state index in [1.54, 1.807) is 16.7 Å². The van der Waals surface area contributed by atoms with Gasteiger partial charge in [0.05, 0.1) is 5.75 Å². The molecule has 1 fully saturated rings. The Morgan fingerprint density at radius 2 is 2.00 bits per heavy atom. The van der Waals surface area contributed by atoms with E-state index in [2.05, 4.69) is 10.2 Å². The molecular weight excluding hydrogens is 379 g/mol. The highest BCUT2D eigenvalue weighted by atomic mass is 32.2. The van der Waals surface area contributed by atoms with Crippen LogP contribution < -0.4 is 5.69 Å². The van der Waals surface area contributed by atoms with Crippen LogP contribution in [0.2, 0.25) is 0 Å². The third-order valence-corrected chi connectivity index (χ3v) is 6.06. The number of aromatic nitrogens is 3. The summed E-state index contributed by atoms with van der Waals surface area (Å²) in [6.07, 6.45) is 6.28. The number of aromatic amines is 1. The summed E-state index contributed by atoms with van der Waals surface area (Å²) >= 11 is 1.29. The van der Waals surface area contributed by atoms with Gasteiger partial charge in [-0.05, 0) is 37.0 Å². The molecule has 1 aliphatic carbocycles. The minimum Gasteiger partial charge on any atom is -0.335 e. The number of thioether (sulfide) groups is 1. The fourth-order valence-corrected chi connectivity index (χ4v) is 4.50. The van der Waals surface area contributed by atoms with E-state index < -0.39 is 0 Å². The van der Waals surface area contributed by atoms with Crippen LogP contribution in [0.4, 0.5) is 4.39 Å². The Balaban J connectivity index is 1.70. The van der Waals surface area contributed by atoms with Crippen LogP contribution >= 0.6 is 11.8 Å². The summed E-state index contributed by atoms with van der Waals surface area (Å²) in [6.45, 7) is 3.05. The summed E-state index contributed by atoms with van der Waals surface area (Å²) in [7, 11) is 0. The summed E-state index contributed by atoms with van der Waals surface area (Å²) in [5.74, 6) is -0.0203. The van der Waals surface area contributed by atoms with E-state index in [1.807, 2.05) is 11.8 Å². The number of amides is 1. The van der Waals surface area contributed by atoms with Crippen LogP contribution in [0.1, 0.15) is 51.0 Å². The van der Waals surface area contributed by atoms with Crippen molar-refractivity contribution in [3.05, 3.63) is 46.1 Å². The Kier molecular flexibility index (Phi) is 7.30. The number of rotatable bonds is 8. The average molecular weight is 407 g/mol. The zero-order chi connectivity index (χ0) is 19.9. The lowest BCUT2D eigenvalue weighted by Crippen LogP contribution is -2.42. The minimum atomic E-state index is -0.276. The second-order valence-electron chi connectivity index (χ2n) is 7.19. The Labute approximate surface area is 168 Å². The first-order valence-electron chi connectivity index (χ1n) is 9.90. The van der Waals surface area contributed by atoms with Crippen LogP contribution in [-0.4, -0.2) is 37.4 Å². The van der Waals surface area contributed by atoms with E-state index in [1.165, 1.54) is 30.3 Å². The molecule has 1 aliphatic rings. The SMILES string of the molecule is CCCn1c(SCC(=O)N(Cc2ccc(F)cc2)C2CCCCC2)n[nH]c1=O. The third-order valence-electron chi connectivity index (χ3n) is 5.10. The van der Waals surface area contributed by atoms with Gasteiger partial charge in [-0.15, -0.1) is 5.10 Å². The Morgan fingerprint density at radius 1 is 1.29 bits per heavy atom. The molecule has 28 heavy (non-hydrogen) atoms. The fraction of sp³-hybridized carbons (Fsp3) is 0.550. The van der Waals surface area contributed by atoms with Gasteiger partial charge < -0.3 is 4.90 Å². The maximum Gasteiger partial charge on any atom is 0.343 e. The van der Waals surface area contributed by atoms with Crippen LogP contribution in [0, 0.1) is 5.82 Å². The molecule has 0 radical (unpaired) electrons. The van der Waals surface area contributed by atoms with E-state index >= 15 is 0 Å². The Hall–Kier alpha value is -2.09. The van der Waals surface area contributed by atoms with Crippen molar-refractivity contribution in [2.75, 3.05) is 5.75 Å². The van der Waals surface area contributed by atoms with E-state index in [4.69, 9.17) is 0 Å². The fourth-order valence-electron chi connectivity index (χ4n) is 3.64. The first kappa shape index (κ1) is 20.6. The highest BCUT2D eigenvalue weighted by molar-refractivity contribution is 7.99. The molecule has 0 spiro atoms. The Bertz CT molecular complexity index is 827. The smallest absolute Gasteiger partial charge is 0.335 e. The summed E-state index contributed by atoms with van der Waals surface area (Å²) in [5, 5.41) is 7.05. The van der Waals surface area contributed by atoms with Crippen molar-refractivity contribution in [3.8, 4) is 0 Å². The van der Waals surface area contributed by atoms with Crippen LogP contribution in [0.5, 0.6) is 0 Å². The van der Waals surface area contributed by atoms with Gasteiger partial charge in [0.15, 0.2) is 5.16 Å². The Morgan fingerprint density at radius 3 is 2.68 bits per heavy atom. The van der Waals surface area contributed by atoms with Crippen LogP contribution in [-0.2, 0) is 17.9 Å². The highest BCUT2D eigenvalue weighted by Gasteiger charge is 2.26. The van der Waals surface area contributed by atoms with Gasteiger partial charge in [0.1, 0.15) is 5.82 Å². The second-order valence-corrected chi connectivity index (χ2v) is 8.13. The maximum atomic E-state index is 13.2. The number of hydrogen-bond acceptors (Lipinski definition) is 4. The lowest BCUT2D eigenvalue weighted by Gasteiger charge is -2.34. The maximum absolute atomic E-state index is 13.2. The third kappa shape index (κ3) is 5.25. The number of nitrogens with zero attached hydrogens (tertiary/aromatic N) is 3. The predicted octanol–water partition coefficient (Wildman–Crippen LogP) is 3.57. The van der Waals surface area contributed by atoms with Crippen molar-refractivity contribution in [2.24, 2.45) is 0 Å². The van der Waals surface area contributed by atoms with Gasteiger partial charge in [0.25, 0.3) is 0 Å². The van der Waals surface area contributed by atoms with Gasteiger partial charge in [0, 0.05) is 19.1 Å². The van der Waals surface area contributed by atoms with E-state index in [-0.39, 0.29) is 29.2 Å². The monoisotopic (exact) mass is 406 g/mol. The summed E-state index contributed by atoms with van der Waals surface area (Å²) < 4.78 is 14.8. The molecule has 6 nitrogen and oxygen atoms in total. The molecule has 1 amide bonds. The second kappa shape index (κ2) is 9.91. The van der Waals surface area contributed by atoms with Crippen molar-refractivity contribution < 1.29 is 9.18 Å². The molecule has 1 N–H and O–H groups in total. The number of carbonyl (C=O) groups is 1. The normalized spacial score (nSPS) is 14.9. The molecule has 3 rings (SSSR count).